The lowest BCUT2D eigenvalue weighted by Crippen LogP contribution is -2.60. The minimum Gasteiger partial charge on any atom is -0.303 e. The van der Waals surface area contributed by atoms with Crippen LogP contribution in [0.15, 0.2) is 0 Å². The molecule has 0 saturated heterocycles. The van der Waals surface area contributed by atoms with Gasteiger partial charge in [0.15, 0.2) is 0 Å². The smallest absolute Gasteiger partial charge is 0.0417 e. The maximum Gasteiger partial charge on any atom is 0.0417 e. The van der Waals surface area contributed by atoms with Crippen LogP contribution < -0.4 is 11.3 Å². The van der Waals surface area contributed by atoms with E-state index in [2.05, 4.69) is 52.1 Å². The zero-order chi connectivity index (χ0) is 11.4. The minimum atomic E-state index is 0.0887. The van der Waals surface area contributed by atoms with E-state index >= 15 is 0 Å². The van der Waals surface area contributed by atoms with Gasteiger partial charge in [-0.3, -0.25) is 11.3 Å². The van der Waals surface area contributed by atoms with Gasteiger partial charge in [-0.05, 0) is 33.9 Å². The highest BCUT2D eigenvalue weighted by Crippen LogP contribution is 2.25. The first-order valence-corrected chi connectivity index (χ1v) is 5.55. The van der Waals surface area contributed by atoms with Crippen molar-refractivity contribution in [2.45, 2.75) is 52.1 Å². The van der Waals surface area contributed by atoms with Crippen molar-refractivity contribution >= 4 is 0 Å². The van der Waals surface area contributed by atoms with Crippen LogP contribution in [0.5, 0.6) is 0 Å². The van der Waals surface area contributed by atoms with Crippen molar-refractivity contribution in [1.29, 1.82) is 0 Å². The second-order valence-electron chi connectivity index (χ2n) is 4.77. The average molecular weight is 201 g/mol. The molecule has 0 aromatic rings. The van der Waals surface area contributed by atoms with Crippen LogP contribution in [0.25, 0.3) is 0 Å². The molecule has 0 radical (unpaired) electrons. The van der Waals surface area contributed by atoms with Gasteiger partial charge in [-0.25, -0.2) is 0 Å². The molecule has 0 aliphatic rings. The monoisotopic (exact) mass is 201 g/mol. The van der Waals surface area contributed by atoms with E-state index in [1.165, 1.54) is 12.8 Å². The molecule has 0 aliphatic heterocycles. The van der Waals surface area contributed by atoms with E-state index in [0.717, 1.165) is 0 Å². The van der Waals surface area contributed by atoms with Crippen LogP contribution >= 0.6 is 0 Å². The molecule has 0 spiro atoms. The normalized spacial score (nSPS) is 15.2. The number of hydrogen-bond donors (Lipinski definition) is 2. The summed E-state index contributed by atoms with van der Waals surface area (Å²) in [5, 5.41) is 0. The average Bonchev–Trinajstić information content (AvgIpc) is 2.13. The predicted molar refractivity (Wildman–Crippen MR) is 62.9 cm³/mol. The Kier molecular flexibility index (Phi) is 5.64. The fraction of sp³-hybridized carbons (Fsp3) is 1.00. The lowest BCUT2D eigenvalue weighted by molar-refractivity contribution is 0.0984. The van der Waals surface area contributed by atoms with Crippen molar-refractivity contribution in [1.82, 2.24) is 10.3 Å². The maximum absolute atomic E-state index is 5.67. The molecule has 86 valence electrons. The lowest BCUT2D eigenvalue weighted by Gasteiger charge is -2.43. The summed E-state index contributed by atoms with van der Waals surface area (Å²) in [4.78, 5) is 2.23. The zero-order valence-corrected chi connectivity index (χ0v) is 10.6. The van der Waals surface area contributed by atoms with Crippen molar-refractivity contribution in [3.63, 3.8) is 0 Å². The summed E-state index contributed by atoms with van der Waals surface area (Å²) in [5.74, 6) is 6.31. The summed E-state index contributed by atoms with van der Waals surface area (Å²) in [5.41, 5.74) is 3.07. The number of likely N-dealkylation sites (N-methyl/N-ethyl adjacent to an activating group) is 1. The van der Waals surface area contributed by atoms with Gasteiger partial charge in [-0.2, -0.15) is 0 Å². The first-order chi connectivity index (χ1) is 6.41. The largest absolute Gasteiger partial charge is 0.303 e. The molecule has 0 aliphatic carbocycles. The van der Waals surface area contributed by atoms with Crippen LogP contribution in [0.3, 0.4) is 0 Å². The zero-order valence-electron chi connectivity index (χ0n) is 10.6. The maximum atomic E-state index is 5.67. The van der Waals surface area contributed by atoms with E-state index in [9.17, 15) is 0 Å². The SMILES string of the molecule is CCC(CC)C(NN)C(C)(C)N(C)C. The van der Waals surface area contributed by atoms with Crippen molar-refractivity contribution in [2.75, 3.05) is 14.1 Å². The van der Waals surface area contributed by atoms with Gasteiger partial charge in [0.2, 0.25) is 0 Å². The van der Waals surface area contributed by atoms with Crippen LogP contribution in [-0.2, 0) is 0 Å². The summed E-state index contributed by atoms with van der Waals surface area (Å²) in [6.07, 6.45) is 2.34. The quantitative estimate of drug-likeness (QED) is 0.506. The Hall–Kier alpha value is -0.120. The molecule has 0 bridgehead atoms. The second-order valence-corrected chi connectivity index (χ2v) is 4.77. The van der Waals surface area contributed by atoms with E-state index in [0.29, 0.717) is 12.0 Å². The lowest BCUT2D eigenvalue weighted by atomic mass is 9.81. The third-order valence-corrected chi connectivity index (χ3v) is 3.61. The molecule has 0 amide bonds. The minimum absolute atomic E-state index is 0.0887. The van der Waals surface area contributed by atoms with Crippen LogP contribution in [0.1, 0.15) is 40.5 Å². The highest BCUT2D eigenvalue weighted by Gasteiger charge is 2.34. The van der Waals surface area contributed by atoms with E-state index in [-0.39, 0.29) is 5.54 Å². The fourth-order valence-corrected chi connectivity index (χ4v) is 1.96. The van der Waals surface area contributed by atoms with Gasteiger partial charge >= 0.3 is 0 Å². The Morgan fingerprint density at radius 1 is 1.21 bits per heavy atom. The van der Waals surface area contributed by atoms with Crippen LogP contribution in [0, 0.1) is 5.92 Å². The van der Waals surface area contributed by atoms with E-state index in [1.54, 1.807) is 0 Å². The van der Waals surface area contributed by atoms with Crippen LogP contribution in [0.2, 0.25) is 0 Å². The number of nitrogens with two attached hydrogens (primary N) is 1. The van der Waals surface area contributed by atoms with Gasteiger partial charge in [0.1, 0.15) is 0 Å². The molecule has 14 heavy (non-hydrogen) atoms. The Bertz CT molecular complexity index is 151. The summed E-state index contributed by atoms with van der Waals surface area (Å²) < 4.78 is 0. The second kappa shape index (κ2) is 5.69. The number of hydrazine groups is 1. The summed E-state index contributed by atoms with van der Waals surface area (Å²) in [6.45, 7) is 8.92. The van der Waals surface area contributed by atoms with Crippen LogP contribution in [-0.4, -0.2) is 30.6 Å². The number of rotatable bonds is 6. The molecular formula is C11H27N3. The van der Waals surface area contributed by atoms with Gasteiger partial charge < -0.3 is 4.90 Å². The van der Waals surface area contributed by atoms with Gasteiger partial charge in [0, 0.05) is 11.6 Å². The highest BCUT2D eigenvalue weighted by atomic mass is 15.3. The van der Waals surface area contributed by atoms with E-state index in [1.807, 2.05) is 0 Å². The van der Waals surface area contributed by atoms with Gasteiger partial charge in [-0.15, -0.1) is 0 Å². The van der Waals surface area contributed by atoms with Gasteiger partial charge in [0.25, 0.3) is 0 Å². The van der Waals surface area contributed by atoms with Crippen molar-refractivity contribution < 1.29 is 0 Å². The Morgan fingerprint density at radius 3 is 1.86 bits per heavy atom. The number of hydrogen-bond acceptors (Lipinski definition) is 3. The van der Waals surface area contributed by atoms with Crippen molar-refractivity contribution in [3.05, 3.63) is 0 Å². The molecule has 0 saturated carbocycles. The molecule has 1 unspecified atom stereocenters. The summed E-state index contributed by atoms with van der Waals surface area (Å²) in [7, 11) is 4.21. The summed E-state index contributed by atoms with van der Waals surface area (Å²) in [6, 6.07) is 0.340. The molecular weight excluding hydrogens is 174 g/mol. The Morgan fingerprint density at radius 2 is 1.64 bits per heavy atom. The van der Waals surface area contributed by atoms with Crippen molar-refractivity contribution in [3.8, 4) is 0 Å². The number of nitrogens with one attached hydrogen (secondary N) is 1. The molecule has 0 rings (SSSR count). The molecule has 0 aromatic carbocycles. The van der Waals surface area contributed by atoms with Gasteiger partial charge in [0.05, 0.1) is 0 Å². The molecule has 0 fully saturated rings. The topological polar surface area (TPSA) is 41.3 Å². The third-order valence-electron chi connectivity index (χ3n) is 3.61. The molecule has 1 atom stereocenters. The molecule has 3 heteroatoms. The highest BCUT2D eigenvalue weighted by molar-refractivity contribution is 4.93. The Balaban J connectivity index is 4.68. The first-order valence-electron chi connectivity index (χ1n) is 5.55. The molecule has 3 N–H and O–H groups in total. The first kappa shape index (κ1) is 13.9. The third kappa shape index (κ3) is 2.94. The standard InChI is InChI=1S/C11H27N3/c1-7-9(8-2)10(13-12)11(3,4)14(5)6/h9-10,13H,7-8,12H2,1-6H3. The molecule has 0 heterocycles. The van der Waals surface area contributed by atoms with E-state index in [4.69, 9.17) is 5.84 Å². The molecule has 3 nitrogen and oxygen atoms in total. The predicted octanol–water partition coefficient (Wildman–Crippen LogP) is 1.59. The van der Waals surface area contributed by atoms with Crippen LogP contribution in [0.4, 0.5) is 0 Å². The fourth-order valence-electron chi connectivity index (χ4n) is 1.96. The molecule has 0 aromatic heterocycles. The van der Waals surface area contributed by atoms with E-state index < -0.39 is 0 Å². The van der Waals surface area contributed by atoms with Gasteiger partial charge in [-0.1, -0.05) is 26.7 Å². The number of nitrogens with zero attached hydrogens (tertiary/aromatic N) is 1. The Labute approximate surface area is 89.0 Å². The van der Waals surface area contributed by atoms with Crippen molar-refractivity contribution in [2.24, 2.45) is 11.8 Å². The summed E-state index contributed by atoms with van der Waals surface area (Å²) >= 11 is 0.